The molecule has 1 N–H and O–H groups in total. The van der Waals surface area contributed by atoms with E-state index in [1.165, 1.54) is 12.0 Å². The molecule has 1 rings (SSSR count). The molecule has 0 amide bonds. The van der Waals surface area contributed by atoms with Crippen LogP contribution >= 0.6 is 0 Å². The first-order chi connectivity index (χ1) is 8.61. The highest BCUT2D eigenvalue weighted by Gasteiger charge is 2.14. The Balaban J connectivity index is 2.36. The van der Waals surface area contributed by atoms with Crippen LogP contribution in [-0.4, -0.2) is 38.6 Å². The van der Waals surface area contributed by atoms with Crippen LogP contribution in [0.1, 0.15) is 31.7 Å². The molecule has 0 radical (unpaired) electrons. The normalized spacial score (nSPS) is 13.2. The van der Waals surface area contributed by atoms with Gasteiger partial charge < -0.3 is 10.2 Å². The van der Waals surface area contributed by atoms with E-state index in [2.05, 4.69) is 68.5 Å². The van der Waals surface area contributed by atoms with Crippen molar-refractivity contribution in [3.05, 3.63) is 35.9 Å². The molecule has 0 saturated heterocycles. The van der Waals surface area contributed by atoms with Crippen LogP contribution in [0.2, 0.25) is 0 Å². The van der Waals surface area contributed by atoms with Crippen LogP contribution in [0.5, 0.6) is 0 Å². The van der Waals surface area contributed by atoms with E-state index in [0.717, 1.165) is 19.6 Å². The third-order valence-electron chi connectivity index (χ3n) is 3.36. The third-order valence-corrected chi connectivity index (χ3v) is 3.36. The average molecular weight is 248 g/mol. The Morgan fingerprint density at radius 3 is 2.33 bits per heavy atom. The average Bonchev–Trinajstić information content (AvgIpc) is 2.34. The second-order valence-electron chi connectivity index (χ2n) is 5.62. The molecule has 0 spiro atoms. The van der Waals surface area contributed by atoms with Gasteiger partial charge in [0.25, 0.3) is 0 Å². The fraction of sp³-hybridized carbons (Fsp3) is 0.625. The highest BCUT2D eigenvalue weighted by atomic mass is 15.1. The summed E-state index contributed by atoms with van der Waals surface area (Å²) in [5.74, 6) is 1.29. The molecule has 18 heavy (non-hydrogen) atoms. The van der Waals surface area contributed by atoms with E-state index in [0.29, 0.717) is 11.8 Å². The zero-order valence-electron chi connectivity index (χ0n) is 12.3. The molecule has 0 bridgehead atoms. The molecule has 1 atom stereocenters. The van der Waals surface area contributed by atoms with E-state index in [1.54, 1.807) is 0 Å². The van der Waals surface area contributed by atoms with Crippen LogP contribution in [0.4, 0.5) is 0 Å². The molecule has 0 aromatic heterocycles. The predicted octanol–water partition coefficient (Wildman–Crippen LogP) is 2.97. The third kappa shape index (κ3) is 5.65. The van der Waals surface area contributed by atoms with Gasteiger partial charge in [-0.05, 0) is 51.0 Å². The summed E-state index contributed by atoms with van der Waals surface area (Å²) >= 11 is 0. The summed E-state index contributed by atoms with van der Waals surface area (Å²) in [6.45, 7) is 7.95. The highest BCUT2D eigenvalue weighted by molar-refractivity contribution is 5.20. The molecule has 2 nitrogen and oxygen atoms in total. The Kier molecular flexibility index (Phi) is 6.99. The Morgan fingerprint density at radius 2 is 1.78 bits per heavy atom. The maximum Gasteiger partial charge on any atom is 0.00226 e. The summed E-state index contributed by atoms with van der Waals surface area (Å²) in [6, 6.07) is 10.8. The predicted molar refractivity (Wildman–Crippen MR) is 80.1 cm³/mol. The van der Waals surface area contributed by atoms with Crippen molar-refractivity contribution in [1.29, 1.82) is 0 Å². The second-order valence-corrected chi connectivity index (χ2v) is 5.62. The monoisotopic (exact) mass is 248 g/mol. The number of nitrogens with zero attached hydrogens (tertiary/aromatic N) is 1. The molecule has 0 aliphatic heterocycles. The minimum absolute atomic E-state index is 0.616. The molecular weight excluding hydrogens is 220 g/mol. The van der Waals surface area contributed by atoms with E-state index in [9.17, 15) is 0 Å². The van der Waals surface area contributed by atoms with E-state index in [1.807, 2.05) is 0 Å². The van der Waals surface area contributed by atoms with Crippen LogP contribution in [-0.2, 0) is 0 Å². The van der Waals surface area contributed by atoms with Gasteiger partial charge in [0.1, 0.15) is 0 Å². The van der Waals surface area contributed by atoms with Crippen LogP contribution in [0.15, 0.2) is 30.3 Å². The van der Waals surface area contributed by atoms with Crippen molar-refractivity contribution in [2.24, 2.45) is 5.92 Å². The Labute approximate surface area is 112 Å². The topological polar surface area (TPSA) is 15.3 Å². The van der Waals surface area contributed by atoms with Crippen molar-refractivity contribution in [2.75, 3.05) is 33.7 Å². The standard InChI is InChI=1S/C16H28N2/c1-14(2)16(15-9-6-5-7-10-15)13-17-11-8-12-18(3)4/h5-7,9-10,14,16-17H,8,11-13H2,1-4H3. The molecule has 0 aliphatic carbocycles. The maximum absolute atomic E-state index is 3.59. The molecule has 1 aromatic carbocycles. The van der Waals surface area contributed by atoms with Crippen LogP contribution in [0.25, 0.3) is 0 Å². The lowest BCUT2D eigenvalue weighted by molar-refractivity contribution is 0.387. The number of nitrogens with one attached hydrogen (secondary N) is 1. The minimum Gasteiger partial charge on any atom is -0.316 e. The highest BCUT2D eigenvalue weighted by Crippen LogP contribution is 2.23. The number of hydrogen-bond acceptors (Lipinski definition) is 2. The van der Waals surface area contributed by atoms with Crippen molar-refractivity contribution in [3.8, 4) is 0 Å². The zero-order valence-corrected chi connectivity index (χ0v) is 12.3. The SMILES string of the molecule is CC(C)C(CNCCCN(C)C)c1ccccc1. The summed E-state index contributed by atoms with van der Waals surface area (Å²) < 4.78 is 0. The molecule has 1 unspecified atom stereocenters. The molecule has 0 aliphatic rings. The largest absolute Gasteiger partial charge is 0.316 e. The molecule has 102 valence electrons. The van der Waals surface area contributed by atoms with Crippen molar-refractivity contribution in [1.82, 2.24) is 10.2 Å². The first kappa shape index (κ1) is 15.2. The van der Waals surface area contributed by atoms with Gasteiger partial charge in [0.2, 0.25) is 0 Å². The molecule has 0 saturated carbocycles. The Bertz CT molecular complexity index is 306. The summed E-state index contributed by atoms with van der Waals surface area (Å²) in [5, 5.41) is 3.59. The first-order valence-electron chi connectivity index (χ1n) is 7.01. The van der Waals surface area contributed by atoms with Crippen molar-refractivity contribution in [3.63, 3.8) is 0 Å². The molecule has 0 heterocycles. The quantitative estimate of drug-likeness (QED) is 0.712. The fourth-order valence-corrected chi connectivity index (χ4v) is 2.22. The summed E-state index contributed by atoms with van der Waals surface area (Å²) in [5.41, 5.74) is 1.45. The van der Waals surface area contributed by atoms with Crippen LogP contribution < -0.4 is 5.32 Å². The minimum atomic E-state index is 0.616. The van der Waals surface area contributed by atoms with Gasteiger partial charge in [-0.25, -0.2) is 0 Å². The van der Waals surface area contributed by atoms with Gasteiger partial charge in [-0.3, -0.25) is 0 Å². The summed E-state index contributed by atoms with van der Waals surface area (Å²) in [7, 11) is 4.25. The summed E-state index contributed by atoms with van der Waals surface area (Å²) in [4.78, 5) is 2.23. The van der Waals surface area contributed by atoms with Crippen molar-refractivity contribution in [2.45, 2.75) is 26.2 Å². The number of hydrogen-bond donors (Lipinski definition) is 1. The second kappa shape index (κ2) is 8.28. The van der Waals surface area contributed by atoms with Gasteiger partial charge >= 0.3 is 0 Å². The lowest BCUT2D eigenvalue weighted by Crippen LogP contribution is -2.27. The van der Waals surface area contributed by atoms with Gasteiger partial charge in [-0.1, -0.05) is 44.2 Å². The maximum atomic E-state index is 3.59. The van der Waals surface area contributed by atoms with Crippen molar-refractivity contribution >= 4 is 0 Å². The van der Waals surface area contributed by atoms with E-state index < -0.39 is 0 Å². The van der Waals surface area contributed by atoms with Crippen molar-refractivity contribution < 1.29 is 0 Å². The number of benzene rings is 1. The lowest BCUT2D eigenvalue weighted by Gasteiger charge is -2.22. The van der Waals surface area contributed by atoms with Gasteiger partial charge in [-0.2, -0.15) is 0 Å². The van der Waals surface area contributed by atoms with E-state index in [4.69, 9.17) is 0 Å². The smallest absolute Gasteiger partial charge is 0.00226 e. The molecule has 0 fully saturated rings. The molecule has 2 heteroatoms. The molecule has 1 aromatic rings. The van der Waals surface area contributed by atoms with Gasteiger partial charge in [0, 0.05) is 6.54 Å². The van der Waals surface area contributed by atoms with E-state index >= 15 is 0 Å². The number of rotatable bonds is 8. The fourth-order valence-electron chi connectivity index (χ4n) is 2.22. The van der Waals surface area contributed by atoms with Crippen LogP contribution in [0.3, 0.4) is 0 Å². The first-order valence-corrected chi connectivity index (χ1v) is 7.01. The zero-order chi connectivity index (χ0) is 13.4. The van der Waals surface area contributed by atoms with Gasteiger partial charge in [0.05, 0.1) is 0 Å². The Morgan fingerprint density at radius 1 is 1.11 bits per heavy atom. The Hall–Kier alpha value is -0.860. The van der Waals surface area contributed by atoms with Gasteiger partial charge in [0.15, 0.2) is 0 Å². The van der Waals surface area contributed by atoms with Gasteiger partial charge in [-0.15, -0.1) is 0 Å². The van der Waals surface area contributed by atoms with Crippen LogP contribution in [0, 0.1) is 5.92 Å². The summed E-state index contributed by atoms with van der Waals surface area (Å²) in [6.07, 6.45) is 1.21. The molecular formula is C16H28N2. The van der Waals surface area contributed by atoms with E-state index in [-0.39, 0.29) is 0 Å². The lowest BCUT2D eigenvalue weighted by atomic mass is 9.88.